The van der Waals surface area contributed by atoms with Gasteiger partial charge in [0.25, 0.3) is 0 Å². The van der Waals surface area contributed by atoms with Crippen molar-refractivity contribution < 1.29 is 19.1 Å². The van der Waals surface area contributed by atoms with E-state index in [9.17, 15) is 9.59 Å². The topological polar surface area (TPSA) is 52.6 Å². The van der Waals surface area contributed by atoms with Crippen molar-refractivity contribution in [3.05, 3.63) is 95.6 Å². The number of unbranched alkanes of at least 4 members (excludes halogenated alkanes) is 2. The Labute approximate surface area is 206 Å². The van der Waals surface area contributed by atoms with Crippen molar-refractivity contribution in [3.8, 4) is 5.75 Å². The summed E-state index contributed by atoms with van der Waals surface area (Å²) in [7, 11) is 1.36. The van der Waals surface area contributed by atoms with Crippen LogP contribution in [0.15, 0.2) is 83.8 Å². The number of carbonyl (C=O) groups excluding carboxylic acids is 2. The normalized spacial score (nSPS) is 10.6. The first-order valence-corrected chi connectivity index (χ1v) is 12.7. The molecule has 0 saturated heterocycles. The number of methoxy groups -OCH3 is 1. The molecule has 34 heavy (non-hydrogen) atoms. The van der Waals surface area contributed by atoms with Crippen LogP contribution in [0.4, 0.5) is 0 Å². The Morgan fingerprint density at radius 3 is 2.18 bits per heavy atom. The summed E-state index contributed by atoms with van der Waals surface area (Å²) in [6.07, 6.45) is 5.83. The van der Waals surface area contributed by atoms with Crippen LogP contribution in [0.25, 0.3) is 0 Å². The third kappa shape index (κ3) is 9.06. The summed E-state index contributed by atoms with van der Waals surface area (Å²) in [6, 6.07) is 25.7. The number of rotatable bonds is 14. The lowest BCUT2D eigenvalue weighted by Gasteiger charge is -2.07. The summed E-state index contributed by atoms with van der Waals surface area (Å²) < 4.78 is 10.3. The average Bonchev–Trinajstić information content (AvgIpc) is 2.89. The zero-order valence-corrected chi connectivity index (χ0v) is 20.5. The molecule has 0 aromatic heterocycles. The van der Waals surface area contributed by atoms with E-state index in [0.29, 0.717) is 24.2 Å². The highest BCUT2D eigenvalue weighted by atomic mass is 32.2. The molecule has 178 valence electrons. The fourth-order valence-corrected chi connectivity index (χ4v) is 4.43. The molecule has 0 saturated carbocycles. The highest BCUT2D eigenvalue weighted by molar-refractivity contribution is 7.99. The van der Waals surface area contributed by atoms with Gasteiger partial charge in [0.2, 0.25) is 0 Å². The Hall–Kier alpha value is -3.05. The Kier molecular flexibility index (Phi) is 10.7. The maximum atomic E-state index is 12.2. The van der Waals surface area contributed by atoms with Crippen LogP contribution in [-0.2, 0) is 22.4 Å². The third-order valence-electron chi connectivity index (χ3n) is 5.51. The second-order valence-electron chi connectivity index (χ2n) is 8.13. The molecular weight excluding hydrogens is 444 g/mol. The lowest BCUT2D eigenvalue weighted by molar-refractivity contribution is -0.121. The minimum Gasteiger partial charge on any atom is -0.486 e. The number of carbonyl (C=O) groups is 2. The van der Waals surface area contributed by atoms with E-state index in [0.717, 1.165) is 17.7 Å². The van der Waals surface area contributed by atoms with Crippen LogP contribution < -0.4 is 4.74 Å². The van der Waals surface area contributed by atoms with Crippen molar-refractivity contribution in [2.24, 2.45) is 0 Å². The maximum absolute atomic E-state index is 12.2. The van der Waals surface area contributed by atoms with Gasteiger partial charge < -0.3 is 9.47 Å². The molecule has 3 aromatic rings. The molecule has 0 amide bonds. The monoisotopic (exact) mass is 476 g/mol. The quantitative estimate of drug-likeness (QED) is 0.150. The second-order valence-corrected chi connectivity index (χ2v) is 9.30. The van der Waals surface area contributed by atoms with E-state index in [4.69, 9.17) is 9.47 Å². The van der Waals surface area contributed by atoms with Gasteiger partial charge >= 0.3 is 5.97 Å². The Morgan fingerprint density at radius 2 is 1.47 bits per heavy atom. The smallest absolute Gasteiger partial charge is 0.337 e. The van der Waals surface area contributed by atoms with Gasteiger partial charge in [0.1, 0.15) is 12.4 Å². The Morgan fingerprint density at radius 1 is 0.765 bits per heavy atom. The van der Waals surface area contributed by atoms with Crippen LogP contribution in [0.2, 0.25) is 0 Å². The molecule has 0 aliphatic heterocycles. The van der Waals surface area contributed by atoms with Gasteiger partial charge in [-0.1, -0.05) is 48.9 Å². The van der Waals surface area contributed by atoms with E-state index >= 15 is 0 Å². The van der Waals surface area contributed by atoms with Crippen LogP contribution in [0.1, 0.15) is 47.2 Å². The maximum Gasteiger partial charge on any atom is 0.337 e. The van der Waals surface area contributed by atoms with Gasteiger partial charge in [-0.3, -0.25) is 4.79 Å². The minimum atomic E-state index is -0.362. The first kappa shape index (κ1) is 25.6. The van der Waals surface area contributed by atoms with Gasteiger partial charge in [-0.2, -0.15) is 0 Å². The average molecular weight is 477 g/mol. The molecule has 0 fully saturated rings. The number of ether oxygens (including phenoxy) is 2. The predicted molar refractivity (Wildman–Crippen MR) is 138 cm³/mol. The molecule has 5 heteroatoms. The Bertz CT molecular complexity index is 1010. The number of thioether (sulfide) groups is 1. The van der Waals surface area contributed by atoms with E-state index in [1.165, 1.54) is 36.8 Å². The number of ketones is 1. The molecule has 0 spiro atoms. The number of esters is 1. The number of hydrogen-bond donors (Lipinski definition) is 0. The van der Waals surface area contributed by atoms with Crippen molar-refractivity contribution in [1.82, 2.24) is 0 Å². The molecule has 3 rings (SSSR count). The van der Waals surface area contributed by atoms with E-state index in [-0.39, 0.29) is 18.4 Å². The zero-order chi connectivity index (χ0) is 24.0. The van der Waals surface area contributed by atoms with Crippen molar-refractivity contribution in [2.45, 2.75) is 43.4 Å². The summed E-state index contributed by atoms with van der Waals surface area (Å²) >= 11 is 1.86. The fraction of sp³-hybridized carbons (Fsp3) is 0.310. The molecule has 0 aliphatic rings. The van der Waals surface area contributed by atoms with Gasteiger partial charge in [0.15, 0.2) is 5.78 Å². The van der Waals surface area contributed by atoms with Crippen molar-refractivity contribution in [2.75, 3.05) is 19.5 Å². The largest absolute Gasteiger partial charge is 0.486 e. The van der Waals surface area contributed by atoms with Gasteiger partial charge in [0.05, 0.1) is 12.7 Å². The van der Waals surface area contributed by atoms with Crippen LogP contribution in [0, 0.1) is 0 Å². The molecule has 0 N–H and O–H groups in total. The molecule has 3 aromatic carbocycles. The predicted octanol–water partition coefficient (Wildman–Crippen LogP) is 6.56. The lowest BCUT2D eigenvalue weighted by Crippen LogP contribution is -2.12. The summed E-state index contributed by atoms with van der Waals surface area (Å²) in [4.78, 5) is 24.9. The van der Waals surface area contributed by atoms with Crippen LogP contribution in [-0.4, -0.2) is 31.2 Å². The van der Waals surface area contributed by atoms with Gasteiger partial charge in [-0.25, -0.2) is 4.79 Å². The van der Waals surface area contributed by atoms with E-state index in [1.807, 2.05) is 36.0 Å². The number of aryl methyl sites for hydroxylation is 2. The number of benzene rings is 3. The first-order chi connectivity index (χ1) is 16.6. The van der Waals surface area contributed by atoms with Crippen LogP contribution in [0.5, 0.6) is 5.75 Å². The van der Waals surface area contributed by atoms with Crippen molar-refractivity contribution in [1.29, 1.82) is 0 Å². The standard InChI is InChI=1S/C29H32O4S/c1-32-29(31)25-14-11-24(12-15-25)13-16-26(30)22-33-27-17-19-28(20-18-27)34-21-7-3-6-10-23-8-4-2-5-9-23/h2,4-5,8-9,11-12,14-15,17-20H,3,6-7,10,13,16,21-22H2,1H3. The van der Waals surface area contributed by atoms with Crippen molar-refractivity contribution >= 4 is 23.5 Å². The Balaban J connectivity index is 1.28. The first-order valence-electron chi connectivity index (χ1n) is 11.7. The summed E-state index contributed by atoms with van der Waals surface area (Å²) in [5.41, 5.74) is 2.92. The second kappa shape index (κ2) is 14.3. The highest BCUT2D eigenvalue weighted by Crippen LogP contribution is 2.23. The van der Waals surface area contributed by atoms with Gasteiger partial charge in [-0.05, 0) is 79.0 Å². The summed E-state index contributed by atoms with van der Waals surface area (Å²) in [5.74, 6) is 1.50. The van der Waals surface area contributed by atoms with E-state index in [1.54, 1.807) is 12.1 Å². The molecule has 4 nitrogen and oxygen atoms in total. The molecule has 0 atom stereocenters. The summed E-state index contributed by atoms with van der Waals surface area (Å²) in [5, 5.41) is 0. The fourth-order valence-electron chi connectivity index (χ4n) is 3.52. The lowest BCUT2D eigenvalue weighted by atomic mass is 10.1. The molecule has 0 heterocycles. The summed E-state index contributed by atoms with van der Waals surface area (Å²) in [6.45, 7) is 0.0636. The minimum absolute atomic E-state index is 0.0472. The third-order valence-corrected chi connectivity index (χ3v) is 6.61. The molecule has 0 bridgehead atoms. The SMILES string of the molecule is COC(=O)c1ccc(CCC(=O)COc2ccc(SCCCCCc3ccccc3)cc2)cc1. The van der Waals surface area contributed by atoms with Crippen LogP contribution >= 0.6 is 11.8 Å². The zero-order valence-electron chi connectivity index (χ0n) is 19.7. The van der Waals surface area contributed by atoms with Crippen LogP contribution in [0.3, 0.4) is 0 Å². The molecule has 0 unspecified atom stereocenters. The number of hydrogen-bond acceptors (Lipinski definition) is 5. The molecular formula is C29H32O4S. The van der Waals surface area contributed by atoms with Crippen molar-refractivity contribution in [3.63, 3.8) is 0 Å². The highest BCUT2D eigenvalue weighted by Gasteiger charge is 2.07. The van der Waals surface area contributed by atoms with E-state index < -0.39 is 0 Å². The molecule has 0 aliphatic carbocycles. The van der Waals surface area contributed by atoms with Gasteiger partial charge in [0, 0.05) is 11.3 Å². The number of Topliss-reactive ketones (excluding diaryl/α,β-unsaturated/α-hetero) is 1. The van der Waals surface area contributed by atoms with E-state index in [2.05, 4.69) is 42.5 Å². The molecule has 0 radical (unpaired) electrons. The van der Waals surface area contributed by atoms with Gasteiger partial charge in [-0.15, -0.1) is 11.8 Å².